The first kappa shape index (κ1) is 12.1. The lowest BCUT2D eigenvalue weighted by molar-refractivity contribution is 0.329. The summed E-state index contributed by atoms with van der Waals surface area (Å²) in [6, 6.07) is 0. The summed E-state index contributed by atoms with van der Waals surface area (Å²) in [6.45, 7) is 5.29. The van der Waals surface area contributed by atoms with Gasteiger partial charge in [0.1, 0.15) is 5.82 Å². The van der Waals surface area contributed by atoms with E-state index in [1.165, 1.54) is 11.5 Å². The van der Waals surface area contributed by atoms with Crippen molar-refractivity contribution in [1.82, 2.24) is 9.36 Å². The molecule has 1 fully saturated rings. The van der Waals surface area contributed by atoms with Gasteiger partial charge in [-0.05, 0) is 18.8 Å². The zero-order valence-electron chi connectivity index (χ0n) is 9.98. The predicted molar refractivity (Wildman–Crippen MR) is 69.6 cm³/mol. The van der Waals surface area contributed by atoms with E-state index < -0.39 is 0 Å². The highest BCUT2D eigenvalue weighted by Crippen LogP contribution is 2.33. The molecule has 0 unspecified atom stereocenters. The Kier molecular flexibility index (Phi) is 3.70. The Morgan fingerprint density at radius 3 is 2.69 bits per heavy atom. The maximum absolute atomic E-state index is 5.97. The van der Waals surface area contributed by atoms with Crippen molar-refractivity contribution in [3.8, 4) is 0 Å². The minimum absolute atomic E-state index is 0.402. The largest absolute Gasteiger partial charge is 0.350 e. The normalized spacial score (nSPS) is 24.6. The Balaban J connectivity index is 1.90. The van der Waals surface area contributed by atoms with Crippen LogP contribution in [0.1, 0.15) is 38.4 Å². The molecule has 0 amide bonds. The van der Waals surface area contributed by atoms with Crippen molar-refractivity contribution in [3.05, 3.63) is 5.82 Å². The second-order valence-corrected chi connectivity index (χ2v) is 6.25. The van der Waals surface area contributed by atoms with E-state index in [9.17, 15) is 0 Å². The van der Waals surface area contributed by atoms with E-state index >= 15 is 0 Å². The number of aromatic nitrogens is 2. The molecule has 3 nitrogen and oxygen atoms in total. The van der Waals surface area contributed by atoms with Gasteiger partial charge in [0.15, 0.2) is 0 Å². The standard InChI is InChI=1S/C11H18ClN3S/c1-7(2)10-13-11(16-14-10)15(3)6-8-4-9(12)5-8/h7-9H,4-6H2,1-3H3. The third-order valence-corrected chi connectivity index (χ3v) is 4.19. The Bertz CT molecular complexity index is 347. The molecule has 1 aliphatic carbocycles. The summed E-state index contributed by atoms with van der Waals surface area (Å²) in [6.07, 6.45) is 2.28. The first-order chi connectivity index (χ1) is 7.56. The summed E-state index contributed by atoms with van der Waals surface area (Å²) >= 11 is 7.47. The monoisotopic (exact) mass is 259 g/mol. The average molecular weight is 260 g/mol. The molecular weight excluding hydrogens is 242 g/mol. The zero-order chi connectivity index (χ0) is 11.7. The molecular formula is C11H18ClN3S. The Morgan fingerprint density at radius 1 is 1.50 bits per heavy atom. The van der Waals surface area contributed by atoms with E-state index in [-0.39, 0.29) is 0 Å². The summed E-state index contributed by atoms with van der Waals surface area (Å²) in [5.74, 6) is 2.10. The van der Waals surface area contributed by atoms with Crippen molar-refractivity contribution >= 4 is 28.3 Å². The number of hydrogen-bond acceptors (Lipinski definition) is 4. The van der Waals surface area contributed by atoms with Crippen LogP contribution in [0.2, 0.25) is 0 Å². The van der Waals surface area contributed by atoms with Gasteiger partial charge in [0, 0.05) is 36.4 Å². The van der Waals surface area contributed by atoms with E-state index in [1.54, 1.807) is 0 Å². The lowest BCUT2D eigenvalue weighted by Crippen LogP contribution is -2.34. The van der Waals surface area contributed by atoms with Crippen LogP contribution in [0.4, 0.5) is 5.13 Å². The summed E-state index contributed by atoms with van der Waals surface area (Å²) in [4.78, 5) is 6.75. The Hall–Kier alpha value is -0.350. The van der Waals surface area contributed by atoms with E-state index in [0.29, 0.717) is 11.3 Å². The van der Waals surface area contributed by atoms with E-state index in [4.69, 9.17) is 11.6 Å². The van der Waals surface area contributed by atoms with Crippen molar-refractivity contribution in [3.63, 3.8) is 0 Å². The van der Waals surface area contributed by atoms with Crippen molar-refractivity contribution in [2.75, 3.05) is 18.5 Å². The van der Waals surface area contributed by atoms with Crippen molar-refractivity contribution in [2.24, 2.45) is 5.92 Å². The molecule has 0 bridgehead atoms. The van der Waals surface area contributed by atoms with Gasteiger partial charge in [-0.25, -0.2) is 4.98 Å². The van der Waals surface area contributed by atoms with Crippen LogP contribution in [0, 0.1) is 5.92 Å². The molecule has 5 heteroatoms. The second kappa shape index (κ2) is 4.88. The molecule has 0 spiro atoms. The highest BCUT2D eigenvalue weighted by atomic mass is 35.5. The van der Waals surface area contributed by atoms with Crippen LogP contribution in [-0.2, 0) is 0 Å². The predicted octanol–water partition coefficient (Wildman–Crippen LogP) is 3.12. The van der Waals surface area contributed by atoms with Crippen LogP contribution in [0.25, 0.3) is 0 Å². The minimum atomic E-state index is 0.402. The number of nitrogens with zero attached hydrogens (tertiary/aromatic N) is 3. The molecule has 2 rings (SSSR count). The van der Waals surface area contributed by atoms with Crippen molar-refractivity contribution in [2.45, 2.75) is 38.0 Å². The van der Waals surface area contributed by atoms with Gasteiger partial charge in [-0.15, -0.1) is 11.6 Å². The fraction of sp³-hybridized carbons (Fsp3) is 0.818. The van der Waals surface area contributed by atoms with Gasteiger partial charge < -0.3 is 4.90 Å². The molecule has 90 valence electrons. The number of alkyl halides is 1. The SMILES string of the molecule is CC(C)c1nsc(N(C)CC2CC(Cl)C2)n1. The molecule has 1 saturated carbocycles. The average Bonchev–Trinajstić information content (AvgIpc) is 2.63. The van der Waals surface area contributed by atoms with Gasteiger partial charge in [0.25, 0.3) is 0 Å². The topological polar surface area (TPSA) is 29.0 Å². The Labute approximate surface area is 106 Å². The fourth-order valence-electron chi connectivity index (χ4n) is 1.88. The smallest absolute Gasteiger partial charge is 0.204 e. The molecule has 0 radical (unpaired) electrons. The summed E-state index contributed by atoms with van der Waals surface area (Å²) in [5, 5.41) is 1.43. The molecule has 0 N–H and O–H groups in total. The first-order valence-corrected chi connectivity index (χ1v) is 6.96. The highest BCUT2D eigenvalue weighted by Gasteiger charge is 2.28. The fourth-order valence-corrected chi connectivity index (χ4v) is 3.16. The summed E-state index contributed by atoms with van der Waals surface area (Å²) in [7, 11) is 2.09. The third kappa shape index (κ3) is 2.66. The lowest BCUT2D eigenvalue weighted by atomic mass is 9.84. The van der Waals surface area contributed by atoms with Gasteiger partial charge in [0.2, 0.25) is 5.13 Å². The molecule has 1 aliphatic rings. The van der Waals surface area contributed by atoms with E-state index in [0.717, 1.165) is 36.3 Å². The zero-order valence-corrected chi connectivity index (χ0v) is 11.6. The summed E-state index contributed by atoms with van der Waals surface area (Å²) in [5.41, 5.74) is 0. The van der Waals surface area contributed by atoms with Gasteiger partial charge >= 0.3 is 0 Å². The molecule has 1 aromatic rings. The second-order valence-electron chi connectivity index (χ2n) is 4.91. The summed E-state index contributed by atoms with van der Waals surface area (Å²) < 4.78 is 4.37. The molecule has 0 atom stereocenters. The van der Waals surface area contributed by atoms with E-state index in [2.05, 4.69) is 35.2 Å². The molecule has 1 heterocycles. The van der Waals surface area contributed by atoms with E-state index in [1.807, 2.05) is 0 Å². The van der Waals surface area contributed by atoms with Crippen LogP contribution in [0.3, 0.4) is 0 Å². The van der Waals surface area contributed by atoms with Crippen LogP contribution in [0.15, 0.2) is 0 Å². The van der Waals surface area contributed by atoms with Gasteiger partial charge in [-0.1, -0.05) is 13.8 Å². The quantitative estimate of drug-likeness (QED) is 0.778. The number of anilines is 1. The number of halogens is 1. The number of hydrogen-bond donors (Lipinski definition) is 0. The van der Waals surface area contributed by atoms with Crippen molar-refractivity contribution < 1.29 is 0 Å². The Morgan fingerprint density at radius 2 is 2.19 bits per heavy atom. The van der Waals surface area contributed by atoms with Gasteiger partial charge in [0.05, 0.1) is 0 Å². The third-order valence-electron chi connectivity index (χ3n) is 2.98. The van der Waals surface area contributed by atoms with Gasteiger partial charge in [-0.2, -0.15) is 4.37 Å². The van der Waals surface area contributed by atoms with Crippen LogP contribution in [0.5, 0.6) is 0 Å². The number of rotatable bonds is 4. The molecule has 1 aromatic heterocycles. The molecule has 0 aliphatic heterocycles. The maximum Gasteiger partial charge on any atom is 0.204 e. The van der Waals surface area contributed by atoms with Crippen LogP contribution < -0.4 is 4.90 Å². The molecule has 0 saturated heterocycles. The first-order valence-electron chi connectivity index (χ1n) is 5.75. The molecule has 16 heavy (non-hydrogen) atoms. The minimum Gasteiger partial charge on any atom is -0.350 e. The molecule has 0 aromatic carbocycles. The lowest BCUT2D eigenvalue weighted by Gasteiger charge is -2.33. The maximum atomic E-state index is 5.97. The van der Waals surface area contributed by atoms with Crippen LogP contribution in [-0.4, -0.2) is 28.3 Å². The van der Waals surface area contributed by atoms with Crippen LogP contribution >= 0.6 is 23.1 Å². The van der Waals surface area contributed by atoms with Gasteiger partial charge in [-0.3, -0.25) is 0 Å². The van der Waals surface area contributed by atoms with Crippen molar-refractivity contribution in [1.29, 1.82) is 0 Å². The highest BCUT2D eigenvalue weighted by molar-refractivity contribution is 7.09.